The Morgan fingerprint density at radius 3 is 2.54 bits per heavy atom. The molecule has 0 aliphatic carbocycles. The zero-order valence-electron chi connectivity index (χ0n) is 13.3. The lowest BCUT2D eigenvalue weighted by Crippen LogP contribution is -2.42. The second-order valence-corrected chi connectivity index (χ2v) is 5.63. The highest BCUT2D eigenvalue weighted by Gasteiger charge is 2.38. The summed E-state index contributed by atoms with van der Waals surface area (Å²) in [5.74, 6) is -2.74. The molecule has 1 aliphatic rings. The molecular formula is C15H15N5O4. The summed E-state index contributed by atoms with van der Waals surface area (Å²) >= 11 is 0. The zero-order valence-corrected chi connectivity index (χ0v) is 13.3. The van der Waals surface area contributed by atoms with E-state index in [1.54, 1.807) is 6.07 Å². The van der Waals surface area contributed by atoms with Crippen LogP contribution in [0.2, 0.25) is 0 Å². The number of carbonyl (C=O) groups excluding carboxylic acids is 2. The number of nitrogens with zero attached hydrogens (tertiary/aromatic N) is 4. The average molecular weight is 329 g/mol. The Labute approximate surface area is 137 Å². The number of hydrogen-bond acceptors (Lipinski definition) is 8. The van der Waals surface area contributed by atoms with Crippen molar-refractivity contribution in [1.29, 1.82) is 0 Å². The summed E-state index contributed by atoms with van der Waals surface area (Å²) in [5, 5.41) is 13.9. The Morgan fingerprint density at radius 1 is 1.21 bits per heavy atom. The van der Waals surface area contributed by atoms with Crippen molar-refractivity contribution in [1.82, 2.24) is 20.2 Å². The maximum atomic E-state index is 11.9. The second-order valence-electron chi connectivity index (χ2n) is 5.63. The van der Waals surface area contributed by atoms with Gasteiger partial charge in [0.05, 0.1) is 5.69 Å². The predicted octanol–water partition coefficient (Wildman–Crippen LogP) is 1.10. The van der Waals surface area contributed by atoms with Gasteiger partial charge in [0.1, 0.15) is 6.33 Å². The van der Waals surface area contributed by atoms with Gasteiger partial charge < -0.3 is 14.8 Å². The highest BCUT2D eigenvalue weighted by atomic mass is 16.7. The van der Waals surface area contributed by atoms with Crippen LogP contribution in [0, 0.1) is 6.92 Å². The molecule has 3 rings (SSSR count). The van der Waals surface area contributed by atoms with Crippen LogP contribution >= 0.6 is 0 Å². The van der Waals surface area contributed by atoms with Gasteiger partial charge in [-0.2, -0.15) is 0 Å². The molecule has 0 atom stereocenters. The topological polar surface area (TPSA) is 108 Å². The van der Waals surface area contributed by atoms with Crippen molar-refractivity contribution in [3.8, 4) is 5.69 Å². The summed E-state index contributed by atoms with van der Waals surface area (Å²) in [5.41, 5.74) is 2.10. The van der Waals surface area contributed by atoms with E-state index in [0.29, 0.717) is 5.69 Å². The van der Waals surface area contributed by atoms with E-state index in [1.807, 2.05) is 19.1 Å². The summed E-state index contributed by atoms with van der Waals surface area (Å²) < 4.78 is 11.6. The third kappa shape index (κ3) is 3.09. The van der Waals surface area contributed by atoms with Crippen molar-refractivity contribution in [3.05, 3.63) is 41.9 Å². The summed E-state index contributed by atoms with van der Waals surface area (Å²) in [6.07, 6.45) is 2.73. The van der Waals surface area contributed by atoms with Crippen LogP contribution < -0.4 is 5.32 Å². The first-order valence-electron chi connectivity index (χ1n) is 7.13. The average Bonchev–Trinajstić information content (AvgIpc) is 3.01. The van der Waals surface area contributed by atoms with E-state index in [9.17, 15) is 9.59 Å². The highest BCUT2D eigenvalue weighted by molar-refractivity contribution is 6.15. The fourth-order valence-electron chi connectivity index (χ4n) is 2.12. The van der Waals surface area contributed by atoms with Gasteiger partial charge >= 0.3 is 11.9 Å². The van der Waals surface area contributed by atoms with E-state index in [1.165, 1.54) is 31.1 Å². The zero-order chi connectivity index (χ0) is 17.3. The van der Waals surface area contributed by atoms with Crippen molar-refractivity contribution in [3.63, 3.8) is 0 Å². The van der Waals surface area contributed by atoms with E-state index >= 15 is 0 Å². The lowest BCUT2D eigenvalue weighted by molar-refractivity contribution is -0.222. The normalized spacial score (nSPS) is 16.4. The van der Waals surface area contributed by atoms with E-state index < -0.39 is 17.7 Å². The second kappa shape index (κ2) is 5.76. The van der Waals surface area contributed by atoms with Crippen LogP contribution in [0.4, 0.5) is 5.69 Å². The molecule has 0 spiro atoms. The molecule has 1 aromatic heterocycles. The van der Waals surface area contributed by atoms with Crippen LogP contribution in [-0.4, -0.2) is 37.9 Å². The molecule has 0 bridgehead atoms. The lowest BCUT2D eigenvalue weighted by atomic mass is 10.1. The summed E-state index contributed by atoms with van der Waals surface area (Å²) in [4.78, 5) is 23.8. The predicted molar refractivity (Wildman–Crippen MR) is 81.9 cm³/mol. The molecule has 124 valence electrons. The lowest BCUT2D eigenvalue weighted by Gasteiger charge is -2.29. The van der Waals surface area contributed by atoms with Crippen LogP contribution in [0.3, 0.4) is 0 Å². The largest absolute Gasteiger partial charge is 0.419 e. The number of rotatable bonds is 3. The maximum absolute atomic E-state index is 11.9. The van der Waals surface area contributed by atoms with Gasteiger partial charge in [0, 0.05) is 25.7 Å². The van der Waals surface area contributed by atoms with Gasteiger partial charge in [0.15, 0.2) is 5.57 Å². The van der Waals surface area contributed by atoms with E-state index in [0.717, 1.165) is 11.3 Å². The van der Waals surface area contributed by atoms with Crippen LogP contribution in [0.15, 0.2) is 36.3 Å². The van der Waals surface area contributed by atoms with E-state index in [2.05, 4.69) is 20.8 Å². The van der Waals surface area contributed by atoms with Crippen LogP contribution in [0.25, 0.3) is 5.69 Å². The molecule has 0 radical (unpaired) electrons. The van der Waals surface area contributed by atoms with Gasteiger partial charge in [-0.3, -0.25) is 0 Å². The number of carbonyl (C=O) groups is 2. The third-order valence-electron chi connectivity index (χ3n) is 3.32. The summed E-state index contributed by atoms with van der Waals surface area (Å²) in [6.45, 7) is 4.87. The third-order valence-corrected chi connectivity index (χ3v) is 3.32. The summed E-state index contributed by atoms with van der Waals surface area (Å²) in [7, 11) is 0. The number of esters is 2. The Kier molecular flexibility index (Phi) is 3.76. The minimum atomic E-state index is -1.26. The smallest absolute Gasteiger partial charge is 0.350 e. The SMILES string of the molecule is Cc1ccc(-n2cnnn2)cc1NC=C1C(=O)OC(C)(C)OC1=O. The fourth-order valence-corrected chi connectivity index (χ4v) is 2.12. The minimum absolute atomic E-state index is 0.207. The Balaban J connectivity index is 1.85. The maximum Gasteiger partial charge on any atom is 0.350 e. The minimum Gasteiger partial charge on any atom is -0.419 e. The Hall–Kier alpha value is -3.23. The number of aryl methyl sites for hydroxylation is 1. The number of aromatic nitrogens is 4. The van der Waals surface area contributed by atoms with Crippen molar-refractivity contribution in [2.45, 2.75) is 26.6 Å². The standard InChI is InChI=1S/C15H15N5O4/c1-9-4-5-10(20-8-17-18-19-20)6-12(9)16-7-11-13(21)23-15(2,3)24-14(11)22/h4-8,16H,1-3H3. The summed E-state index contributed by atoms with van der Waals surface area (Å²) in [6, 6.07) is 5.49. The molecule has 1 fully saturated rings. The number of anilines is 1. The van der Waals surface area contributed by atoms with E-state index in [4.69, 9.17) is 9.47 Å². The van der Waals surface area contributed by atoms with E-state index in [-0.39, 0.29) is 5.57 Å². The van der Waals surface area contributed by atoms with Crippen LogP contribution in [-0.2, 0) is 19.1 Å². The van der Waals surface area contributed by atoms with Gasteiger partial charge in [-0.05, 0) is 35.0 Å². The number of tetrazole rings is 1. The fraction of sp³-hybridized carbons (Fsp3) is 0.267. The molecule has 1 aliphatic heterocycles. The van der Waals surface area contributed by atoms with Gasteiger partial charge in [-0.15, -0.1) is 5.10 Å². The molecule has 2 aromatic rings. The first-order chi connectivity index (χ1) is 11.4. The van der Waals surface area contributed by atoms with Gasteiger partial charge in [0.25, 0.3) is 5.79 Å². The molecule has 1 N–H and O–H groups in total. The molecule has 1 aromatic carbocycles. The molecule has 24 heavy (non-hydrogen) atoms. The van der Waals surface area contributed by atoms with Crippen LogP contribution in [0.1, 0.15) is 19.4 Å². The van der Waals surface area contributed by atoms with Gasteiger partial charge in [-0.1, -0.05) is 6.07 Å². The Bertz CT molecular complexity index is 804. The molecule has 9 heteroatoms. The monoisotopic (exact) mass is 329 g/mol. The molecule has 1 saturated heterocycles. The van der Waals surface area contributed by atoms with Gasteiger partial charge in [0.2, 0.25) is 0 Å². The molecular weight excluding hydrogens is 314 g/mol. The Morgan fingerprint density at radius 2 is 1.92 bits per heavy atom. The number of cyclic esters (lactones) is 2. The highest BCUT2D eigenvalue weighted by Crippen LogP contribution is 2.24. The van der Waals surface area contributed by atoms with Crippen molar-refractivity contribution in [2.75, 3.05) is 5.32 Å². The number of ether oxygens (including phenoxy) is 2. The quantitative estimate of drug-likeness (QED) is 0.507. The van der Waals surface area contributed by atoms with Crippen molar-refractivity contribution >= 4 is 17.6 Å². The molecule has 9 nitrogen and oxygen atoms in total. The first-order valence-corrected chi connectivity index (χ1v) is 7.13. The van der Waals surface area contributed by atoms with Crippen molar-refractivity contribution < 1.29 is 19.1 Å². The first kappa shape index (κ1) is 15.7. The number of nitrogens with one attached hydrogen (secondary N) is 1. The van der Waals surface area contributed by atoms with Gasteiger partial charge in [-0.25, -0.2) is 14.3 Å². The molecule has 0 unspecified atom stereocenters. The van der Waals surface area contributed by atoms with Crippen LogP contribution in [0.5, 0.6) is 0 Å². The molecule has 0 saturated carbocycles. The van der Waals surface area contributed by atoms with Crippen molar-refractivity contribution in [2.24, 2.45) is 0 Å². The number of hydrogen-bond donors (Lipinski definition) is 1. The molecule has 0 amide bonds. The molecule has 2 heterocycles. The number of benzene rings is 1.